The lowest BCUT2D eigenvalue weighted by atomic mass is 9.90. The summed E-state index contributed by atoms with van der Waals surface area (Å²) in [4.78, 5) is 14.2. The largest absolute Gasteiger partial charge is 0.444 e. The highest BCUT2D eigenvalue weighted by Crippen LogP contribution is 2.32. The van der Waals surface area contributed by atoms with Crippen LogP contribution in [-0.2, 0) is 4.74 Å². The molecule has 0 spiro atoms. The minimum Gasteiger partial charge on any atom is -0.444 e. The van der Waals surface area contributed by atoms with Crippen molar-refractivity contribution in [1.29, 1.82) is 0 Å². The normalized spacial score (nSPS) is 25.9. The molecule has 1 aliphatic carbocycles. The maximum atomic E-state index is 12.3. The van der Waals surface area contributed by atoms with E-state index in [4.69, 9.17) is 4.74 Å². The summed E-state index contributed by atoms with van der Waals surface area (Å²) in [7, 11) is 0. The molecule has 2 atom stereocenters. The molecule has 4 heteroatoms. The zero-order valence-corrected chi connectivity index (χ0v) is 13.8. The van der Waals surface area contributed by atoms with Gasteiger partial charge in [0.25, 0.3) is 0 Å². The van der Waals surface area contributed by atoms with Crippen molar-refractivity contribution in [3.05, 3.63) is 0 Å². The third-order valence-corrected chi connectivity index (χ3v) is 4.71. The molecule has 0 radical (unpaired) electrons. The van der Waals surface area contributed by atoms with Crippen LogP contribution < -0.4 is 0 Å². The number of piperidine rings is 1. The van der Waals surface area contributed by atoms with E-state index in [0.29, 0.717) is 12.3 Å². The number of aliphatic hydroxyl groups excluding tert-OH is 1. The molecule has 0 unspecified atom stereocenters. The highest BCUT2D eigenvalue weighted by atomic mass is 16.6. The van der Waals surface area contributed by atoms with Crippen LogP contribution in [0, 0.1) is 5.92 Å². The number of amides is 1. The minimum absolute atomic E-state index is 0.143. The van der Waals surface area contributed by atoms with Crippen LogP contribution in [0.2, 0.25) is 0 Å². The predicted octanol–water partition coefficient (Wildman–Crippen LogP) is 3.72. The van der Waals surface area contributed by atoms with Crippen molar-refractivity contribution in [2.75, 3.05) is 6.54 Å². The second kappa shape index (κ2) is 6.99. The van der Waals surface area contributed by atoms with E-state index in [1.54, 1.807) is 0 Å². The van der Waals surface area contributed by atoms with E-state index < -0.39 is 5.60 Å². The Kier molecular flexibility index (Phi) is 5.53. The summed E-state index contributed by atoms with van der Waals surface area (Å²) in [5.41, 5.74) is -0.455. The summed E-state index contributed by atoms with van der Waals surface area (Å²) in [6.45, 7) is 6.46. The van der Waals surface area contributed by atoms with Crippen molar-refractivity contribution in [3.63, 3.8) is 0 Å². The molecule has 2 fully saturated rings. The maximum Gasteiger partial charge on any atom is 0.410 e. The van der Waals surface area contributed by atoms with Gasteiger partial charge in [-0.2, -0.15) is 0 Å². The Morgan fingerprint density at radius 3 is 2.43 bits per heavy atom. The van der Waals surface area contributed by atoms with Crippen molar-refractivity contribution in [2.24, 2.45) is 5.92 Å². The first-order valence-electron chi connectivity index (χ1n) is 8.54. The standard InChI is InChI=1S/C17H31NO3/c1-17(2,3)21-16(20)18-11-7-6-10-14(18)12-15(19)13-8-4-5-9-13/h13-15,19H,4-12H2,1-3H3/t14-,15+/m1/s1. The van der Waals surface area contributed by atoms with E-state index in [0.717, 1.165) is 38.6 Å². The van der Waals surface area contributed by atoms with Crippen LogP contribution in [0.3, 0.4) is 0 Å². The van der Waals surface area contributed by atoms with E-state index in [1.165, 1.54) is 12.8 Å². The van der Waals surface area contributed by atoms with E-state index >= 15 is 0 Å². The highest BCUT2D eigenvalue weighted by molar-refractivity contribution is 5.68. The van der Waals surface area contributed by atoms with Gasteiger partial charge in [0.2, 0.25) is 0 Å². The first-order valence-corrected chi connectivity index (χ1v) is 8.54. The molecular formula is C17H31NO3. The Labute approximate surface area is 128 Å². The monoisotopic (exact) mass is 297 g/mol. The molecule has 122 valence electrons. The van der Waals surface area contributed by atoms with Gasteiger partial charge >= 0.3 is 6.09 Å². The van der Waals surface area contributed by atoms with Gasteiger partial charge < -0.3 is 14.7 Å². The van der Waals surface area contributed by atoms with Gasteiger partial charge in [-0.1, -0.05) is 12.8 Å². The van der Waals surface area contributed by atoms with Gasteiger partial charge in [-0.05, 0) is 65.2 Å². The minimum atomic E-state index is -0.455. The van der Waals surface area contributed by atoms with Crippen molar-refractivity contribution in [2.45, 2.75) is 89.9 Å². The number of nitrogens with zero attached hydrogens (tertiary/aromatic N) is 1. The van der Waals surface area contributed by atoms with Gasteiger partial charge in [0.15, 0.2) is 0 Å². The molecule has 4 nitrogen and oxygen atoms in total. The molecule has 2 aliphatic rings. The lowest BCUT2D eigenvalue weighted by molar-refractivity contribution is -0.00221. The average Bonchev–Trinajstić information content (AvgIpc) is 2.91. The number of hydrogen-bond acceptors (Lipinski definition) is 3. The molecule has 1 saturated carbocycles. The number of carbonyl (C=O) groups excluding carboxylic acids is 1. The lowest BCUT2D eigenvalue weighted by Crippen LogP contribution is -2.47. The molecule has 1 N–H and O–H groups in total. The fourth-order valence-corrected chi connectivity index (χ4v) is 3.62. The van der Waals surface area contributed by atoms with Crippen molar-refractivity contribution >= 4 is 6.09 Å². The highest BCUT2D eigenvalue weighted by Gasteiger charge is 2.33. The Bertz CT molecular complexity index is 344. The Balaban J connectivity index is 1.93. The number of hydrogen-bond donors (Lipinski definition) is 1. The number of carbonyl (C=O) groups is 1. The van der Waals surface area contributed by atoms with E-state index in [9.17, 15) is 9.90 Å². The topological polar surface area (TPSA) is 49.8 Å². The molecule has 0 aromatic heterocycles. The van der Waals surface area contributed by atoms with Gasteiger partial charge in [0, 0.05) is 12.6 Å². The Morgan fingerprint density at radius 1 is 1.19 bits per heavy atom. The molecule has 0 aromatic rings. The van der Waals surface area contributed by atoms with Crippen molar-refractivity contribution in [1.82, 2.24) is 4.90 Å². The first-order chi connectivity index (χ1) is 9.87. The van der Waals surface area contributed by atoms with Crippen LogP contribution in [0.25, 0.3) is 0 Å². The molecule has 1 amide bonds. The van der Waals surface area contributed by atoms with Crippen molar-refractivity contribution < 1.29 is 14.6 Å². The number of rotatable bonds is 3. The second-order valence-corrected chi connectivity index (χ2v) is 7.67. The average molecular weight is 297 g/mol. The second-order valence-electron chi connectivity index (χ2n) is 7.67. The van der Waals surface area contributed by atoms with Crippen LogP contribution in [0.15, 0.2) is 0 Å². The van der Waals surface area contributed by atoms with Crippen LogP contribution >= 0.6 is 0 Å². The van der Waals surface area contributed by atoms with Gasteiger partial charge in [-0.3, -0.25) is 0 Å². The summed E-state index contributed by atoms with van der Waals surface area (Å²) in [6, 6.07) is 0.143. The third kappa shape index (κ3) is 4.87. The fraction of sp³-hybridized carbons (Fsp3) is 0.941. The van der Waals surface area contributed by atoms with E-state index in [1.807, 2.05) is 25.7 Å². The van der Waals surface area contributed by atoms with E-state index in [-0.39, 0.29) is 18.2 Å². The van der Waals surface area contributed by atoms with Gasteiger partial charge in [0.05, 0.1) is 6.10 Å². The molecular weight excluding hydrogens is 266 g/mol. The molecule has 0 aromatic carbocycles. The first kappa shape index (κ1) is 16.6. The zero-order valence-electron chi connectivity index (χ0n) is 13.8. The molecule has 1 saturated heterocycles. The smallest absolute Gasteiger partial charge is 0.410 e. The number of ether oxygens (including phenoxy) is 1. The quantitative estimate of drug-likeness (QED) is 0.863. The number of aliphatic hydroxyl groups is 1. The van der Waals surface area contributed by atoms with Gasteiger partial charge in [-0.15, -0.1) is 0 Å². The molecule has 0 bridgehead atoms. The van der Waals surface area contributed by atoms with E-state index in [2.05, 4.69) is 0 Å². The summed E-state index contributed by atoms with van der Waals surface area (Å²) in [5.74, 6) is 0.437. The van der Waals surface area contributed by atoms with Crippen LogP contribution in [0.4, 0.5) is 4.79 Å². The molecule has 21 heavy (non-hydrogen) atoms. The van der Waals surface area contributed by atoms with Gasteiger partial charge in [-0.25, -0.2) is 4.79 Å². The van der Waals surface area contributed by atoms with Crippen LogP contribution in [0.1, 0.15) is 72.1 Å². The summed E-state index contributed by atoms with van der Waals surface area (Å²) >= 11 is 0. The number of likely N-dealkylation sites (tertiary alicyclic amines) is 1. The molecule has 1 heterocycles. The summed E-state index contributed by atoms with van der Waals surface area (Å²) in [6.07, 6.45) is 8.15. The van der Waals surface area contributed by atoms with Crippen LogP contribution in [0.5, 0.6) is 0 Å². The third-order valence-electron chi connectivity index (χ3n) is 4.71. The Morgan fingerprint density at radius 2 is 1.81 bits per heavy atom. The molecule has 1 aliphatic heterocycles. The fourth-order valence-electron chi connectivity index (χ4n) is 3.62. The van der Waals surface area contributed by atoms with Crippen molar-refractivity contribution in [3.8, 4) is 0 Å². The SMILES string of the molecule is CC(C)(C)OC(=O)N1CCCC[C@@H]1C[C@H](O)C1CCCC1. The maximum absolute atomic E-state index is 12.3. The lowest BCUT2D eigenvalue weighted by Gasteiger charge is -2.38. The Hall–Kier alpha value is -0.770. The summed E-state index contributed by atoms with van der Waals surface area (Å²) < 4.78 is 5.52. The van der Waals surface area contributed by atoms with Gasteiger partial charge in [0.1, 0.15) is 5.60 Å². The zero-order chi connectivity index (χ0) is 15.5. The summed E-state index contributed by atoms with van der Waals surface area (Å²) in [5, 5.41) is 10.5. The van der Waals surface area contributed by atoms with Crippen LogP contribution in [-0.4, -0.2) is 40.4 Å². The molecule has 2 rings (SSSR count). The predicted molar refractivity (Wildman–Crippen MR) is 83.2 cm³/mol.